The molecule has 0 aliphatic rings. The first kappa shape index (κ1) is 23.3. The second-order valence-electron chi connectivity index (χ2n) is 8.66. The molecule has 6 aromatic rings. The first-order chi connectivity index (χ1) is 18.5. The van der Waals surface area contributed by atoms with Gasteiger partial charge in [0.1, 0.15) is 28.5 Å². The molecule has 11 heteroatoms. The lowest BCUT2D eigenvalue weighted by atomic mass is 10.1. The SMILES string of the molecule is CCCC(=O)Nc1cncc(-c2cnc3[nH]nc(-c4nc5c(-c6ccccc6F)nccc5[nH]4)c3c2F)c1. The van der Waals surface area contributed by atoms with Crippen LogP contribution in [0.3, 0.4) is 0 Å². The molecule has 0 fully saturated rings. The minimum Gasteiger partial charge on any atom is -0.336 e. The molecule has 0 radical (unpaired) electrons. The minimum absolute atomic E-state index is 0.127. The molecule has 0 atom stereocenters. The fourth-order valence-corrected chi connectivity index (χ4v) is 4.33. The zero-order valence-corrected chi connectivity index (χ0v) is 20.1. The van der Waals surface area contributed by atoms with Gasteiger partial charge in [-0.3, -0.25) is 19.9 Å². The van der Waals surface area contributed by atoms with Crippen molar-refractivity contribution in [3.8, 4) is 33.9 Å². The average Bonchev–Trinajstić information content (AvgIpc) is 3.54. The van der Waals surface area contributed by atoms with Crippen molar-refractivity contribution in [3.05, 3.63) is 72.8 Å². The van der Waals surface area contributed by atoms with Crippen molar-refractivity contribution in [2.75, 3.05) is 5.32 Å². The number of amides is 1. The number of nitrogens with zero attached hydrogens (tertiary/aromatic N) is 5. The normalized spacial score (nSPS) is 11.3. The van der Waals surface area contributed by atoms with Gasteiger partial charge in [-0.25, -0.2) is 18.7 Å². The summed E-state index contributed by atoms with van der Waals surface area (Å²) in [4.78, 5) is 32.6. The molecule has 1 amide bonds. The Morgan fingerprint density at radius 3 is 2.74 bits per heavy atom. The van der Waals surface area contributed by atoms with Crippen LogP contribution in [0.5, 0.6) is 0 Å². The Hall–Kier alpha value is -5.06. The van der Waals surface area contributed by atoms with Gasteiger partial charge in [0.15, 0.2) is 11.5 Å². The molecule has 38 heavy (non-hydrogen) atoms. The third-order valence-corrected chi connectivity index (χ3v) is 6.09. The summed E-state index contributed by atoms with van der Waals surface area (Å²) in [7, 11) is 0. The van der Waals surface area contributed by atoms with E-state index in [2.05, 4.69) is 40.4 Å². The quantitative estimate of drug-likeness (QED) is 0.266. The molecule has 188 valence electrons. The third-order valence-electron chi connectivity index (χ3n) is 6.09. The van der Waals surface area contributed by atoms with Crippen LogP contribution in [0, 0.1) is 11.6 Å². The van der Waals surface area contributed by atoms with E-state index in [1.54, 1.807) is 36.5 Å². The van der Waals surface area contributed by atoms with E-state index < -0.39 is 11.6 Å². The van der Waals surface area contributed by atoms with Gasteiger partial charge in [-0.05, 0) is 30.7 Å². The van der Waals surface area contributed by atoms with Gasteiger partial charge in [0.2, 0.25) is 5.91 Å². The molecule has 6 rings (SSSR count). The predicted molar refractivity (Wildman–Crippen MR) is 139 cm³/mol. The van der Waals surface area contributed by atoms with Gasteiger partial charge in [0, 0.05) is 41.7 Å². The summed E-state index contributed by atoms with van der Waals surface area (Å²) in [5.41, 5.74) is 3.20. The number of aromatic amines is 2. The van der Waals surface area contributed by atoms with Gasteiger partial charge in [-0.1, -0.05) is 19.1 Å². The van der Waals surface area contributed by atoms with Gasteiger partial charge < -0.3 is 10.3 Å². The average molecular weight is 511 g/mol. The zero-order chi connectivity index (χ0) is 26.2. The largest absolute Gasteiger partial charge is 0.336 e. The number of halogens is 2. The van der Waals surface area contributed by atoms with Crippen molar-refractivity contribution in [2.24, 2.45) is 0 Å². The maximum atomic E-state index is 16.0. The van der Waals surface area contributed by atoms with Crippen LogP contribution in [0.4, 0.5) is 14.5 Å². The maximum absolute atomic E-state index is 16.0. The Labute approximate surface area is 214 Å². The number of hydrogen-bond donors (Lipinski definition) is 3. The number of carbonyl (C=O) groups is 1. The van der Waals surface area contributed by atoms with E-state index in [-0.39, 0.29) is 34.0 Å². The number of anilines is 1. The fourth-order valence-electron chi connectivity index (χ4n) is 4.33. The molecule has 0 saturated heterocycles. The number of nitrogens with one attached hydrogen (secondary N) is 3. The number of pyridine rings is 3. The predicted octanol–water partition coefficient (Wildman–Crippen LogP) is 5.64. The van der Waals surface area contributed by atoms with Gasteiger partial charge in [0.25, 0.3) is 0 Å². The Kier molecular flexibility index (Phi) is 5.79. The number of imidazole rings is 1. The number of H-pyrrole nitrogens is 2. The molecule has 0 spiro atoms. The highest BCUT2D eigenvalue weighted by atomic mass is 19.1. The molecule has 3 N–H and O–H groups in total. The third kappa shape index (κ3) is 4.03. The molecule has 0 aliphatic heterocycles. The Bertz CT molecular complexity index is 1830. The molecule has 0 unspecified atom stereocenters. The van der Waals surface area contributed by atoms with Crippen LogP contribution in [-0.2, 0) is 4.79 Å². The van der Waals surface area contributed by atoms with Crippen LogP contribution in [0.15, 0.2) is 61.2 Å². The van der Waals surface area contributed by atoms with Crippen LogP contribution >= 0.6 is 0 Å². The number of aromatic nitrogens is 7. The summed E-state index contributed by atoms with van der Waals surface area (Å²) in [6.07, 6.45) is 7.00. The van der Waals surface area contributed by atoms with Gasteiger partial charge in [-0.15, -0.1) is 0 Å². The van der Waals surface area contributed by atoms with E-state index >= 15 is 4.39 Å². The number of fused-ring (bicyclic) bond motifs is 2. The lowest BCUT2D eigenvalue weighted by Gasteiger charge is -2.08. The maximum Gasteiger partial charge on any atom is 0.224 e. The molecule has 9 nitrogen and oxygen atoms in total. The van der Waals surface area contributed by atoms with E-state index in [9.17, 15) is 9.18 Å². The second kappa shape index (κ2) is 9.43. The molecular weight excluding hydrogens is 490 g/mol. The Morgan fingerprint density at radius 1 is 1.03 bits per heavy atom. The van der Waals surface area contributed by atoms with Crippen LogP contribution in [0.1, 0.15) is 19.8 Å². The number of rotatable bonds is 6. The van der Waals surface area contributed by atoms with E-state index in [0.29, 0.717) is 46.4 Å². The smallest absolute Gasteiger partial charge is 0.224 e. The molecule has 5 heterocycles. The Morgan fingerprint density at radius 2 is 1.89 bits per heavy atom. The summed E-state index contributed by atoms with van der Waals surface area (Å²) < 4.78 is 30.5. The standard InChI is InChI=1S/C27H20F2N8O/c1-2-5-20(38)33-15-10-14(11-30-12-15)17-13-32-26-21(22(17)29)25(36-37-26)27-34-19-8-9-31-23(24(19)35-27)16-6-3-4-7-18(16)28/h3-4,6-13H,2,5H2,1H3,(H,33,38)(H,34,35)(H,32,36,37). The van der Waals surface area contributed by atoms with Crippen molar-refractivity contribution in [1.29, 1.82) is 0 Å². The van der Waals surface area contributed by atoms with Gasteiger partial charge in [-0.2, -0.15) is 5.10 Å². The topological polar surface area (TPSA) is 125 Å². The first-order valence-electron chi connectivity index (χ1n) is 11.9. The summed E-state index contributed by atoms with van der Waals surface area (Å²) >= 11 is 0. The second-order valence-corrected chi connectivity index (χ2v) is 8.66. The van der Waals surface area contributed by atoms with Crippen molar-refractivity contribution in [2.45, 2.75) is 19.8 Å². The fraction of sp³-hybridized carbons (Fsp3) is 0.111. The highest BCUT2D eigenvalue weighted by Gasteiger charge is 2.22. The van der Waals surface area contributed by atoms with E-state index in [4.69, 9.17) is 0 Å². The summed E-state index contributed by atoms with van der Waals surface area (Å²) in [6, 6.07) is 9.64. The van der Waals surface area contributed by atoms with Crippen molar-refractivity contribution < 1.29 is 13.6 Å². The first-order valence-corrected chi connectivity index (χ1v) is 11.9. The van der Waals surface area contributed by atoms with E-state index in [1.807, 2.05) is 6.92 Å². The molecule has 5 aromatic heterocycles. The number of benzene rings is 1. The Balaban J connectivity index is 1.45. The summed E-state index contributed by atoms with van der Waals surface area (Å²) in [6.45, 7) is 1.91. The van der Waals surface area contributed by atoms with Crippen LogP contribution in [-0.4, -0.2) is 41.0 Å². The minimum atomic E-state index is -0.578. The highest BCUT2D eigenvalue weighted by molar-refractivity contribution is 5.97. The molecule has 0 bridgehead atoms. The molecular formula is C27H20F2N8O. The van der Waals surface area contributed by atoms with Crippen molar-refractivity contribution >= 4 is 33.7 Å². The van der Waals surface area contributed by atoms with Crippen molar-refractivity contribution in [3.63, 3.8) is 0 Å². The lowest BCUT2D eigenvalue weighted by molar-refractivity contribution is -0.116. The van der Waals surface area contributed by atoms with Gasteiger partial charge >= 0.3 is 0 Å². The van der Waals surface area contributed by atoms with Gasteiger partial charge in [0.05, 0.1) is 22.8 Å². The molecule has 1 aromatic carbocycles. The monoisotopic (exact) mass is 510 g/mol. The van der Waals surface area contributed by atoms with E-state index in [1.165, 1.54) is 24.7 Å². The summed E-state index contributed by atoms with van der Waals surface area (Å²) in [5.74, 6) is -0.880. The number of carbonyl (C=O) groups excluding carboxylic acids is 1. The molecule has 0 saturated carbocycles. The zero-order valence-electron chi connectivity index (χ0n) is 20.1. The van der Waals surface area contributed by atoms with Crippen LogP contribution in [0.2, 0.25) is 0 Å². The van der Waals surface area contributed by atoms with Crippen molar-refractivity contribution in [1.82, 2.24) is 35.1 Å². The molecule has 0 aliphatic carbocycles. The lowest BCUT2D eigenvalue weighted by Crippen LogP contribution is -2.10. The van der Waals surface area contributed by atoms with Crippen LogP contribution in [0.25, 0.3) is 56.0 Å². The van der Waals surface area contributed by atoms with E-state index in [0.717, 1.165) is 0 Å². The summed E-state index contributed by atoms with van der Waals surface area (Å²) in [5, 5.41) is 9.91. The van der Waals surface area contributed by atoms with Crippen LogP contribution < -0.4 is 5.32 Å². The number of hydrogen-bond acceptors (Lipinski definition) is 6. The highest BCUT2D eigenvalue weighted by Crippen LogP contribution is 2.34.